The quantitative estimate of drug-likeness (QED) is 0.763. The highest BCUT2D eigenvalue weighted by atomic mass is 16.5. The summed E-state index contributed by atoms with van der Waals surface area (Å²) in [5, 5.41) is 2.79. The van der Waals surface area contributed by atoms with Gasteiger partial charge < -0.3 is 15.0 Å². The third-order valence-electron chi connectivity index (χ3n) is 2.88. The lowest BCUT2D eigenvalue weighted by Crippen LogP contribution is -2.11. The fourth-order valence-corrected chi connectivity index (χ4v) is 1.84. The zero-order valence-electron chi connectivity index (χ0n) is 10.8. The topological polar surface area (TPSA) is 79.9 Å². The van der Waals surface area contributed by atoms with Crippen molar-refractivity contribution in [2.75, 3.05) is 12.4 Å². The highest BCUT2D eigenvalue weighted by Crippen LogP contribution is 2.15. The predicted molar refractivity (Wildman–Crippen MR) is 74.8 cm³/mol. The summed E-state index contributed by atoms with van der Waals surface area (Å²) in [5.74, 6) is 0.510. The van der Waals surface area contributed by atoms with Gasteiger partial charge in [-0.25, -0.2) is 9.97 Å². The lowest BCUT2D eigenvalue weighted by atomic mass is 10.2. The van der Waals surface area contributed by atoms with Gasteiger partial charge in [-0.05, 0) is 30.3 Å². The molecule has 0 bridgehead atoms. The van der Waals surface area contributed by atoms with Gasteiger partial charge in [0.1, 0.15) is 5.75 Å². The van der Waals surface area contributed by atoms with Gasteiger partial charge in [0.2, 0.25) is 0 Å². The fraction of sp³-hybridized carbons (Fsp3) is 0.0714. The molecular formula is C14H12N4O2. The Hall–Kier alpha value is -2.89. The van der Waals surface area contributed by atoms with Crippen LogP contribution in [-0.2, 0) is 0 Å². The van der Waals surface area contributed by atoms with E-state index in [0.717, 1.165) is 5.52 Å². The van der Waals surface area contributed by atoms with Crippen LogP contribution in [0.25, 0.3) is 11.2 Å². The highest BCUT2D eigenvalue weighted by Gasteiger charge is 2.07. The van der Waals surface area contributed by atoms with Gasteiger partial charge in [0.05, 0.1) is 30.8 Å². The van der Waals surface area contributed by atoms with Crippen LogP contribution in [-0.4, -0.2) is 28.0 Å². The van der Waals surface area contributed by atoms with Crippen molar-refractivity contribution >= 4 is 22.8 Å². The Morgan fingerprint density at radius 3 is 2.80 bits per heavy atom. The molecule has 3 aromatic rings. The first-order chi connectivity index (χ1) is 9.76. The van der Waals surface area contributed by atoms with E-state index in [-0.39, 0.29) is 5.91 Å². The summed E-state index contributed by atoms with van der Waals surface area (Å²) in [6.07, 6.45) is 3.14. The minimum atomic E-state index is -0.201. The summed E-state index contributed by atoms with van der Waals surface area (Å²) in [7, 11) is 1.58. The van der Waals surface area contributed by atoms with Crippen molar-refractivity contribution in [3.05, 3.63) is 48.4 Å². The SMILES string of the molecule is COc1ccc(C(=O)Nc2cnc3nc[nH]c3c2)cc1. The van der Waals surface area contributed by atoms with Crippen molar-refractivity contribution < 1.29 is 9.53 Å². The maximum Gasteiger partial charge on any atom is 0.255 e. The Morgan fingerprint density at radius 2 is 2.05 bits per heavy atom. The number of H-pyrrole nitrogens is 1. The molecule has 0 aliphatic heterocycles. The van der Waals surface area contributed by atoms with Crippen molar-refractivity contribution in [1.82, 2.24) is 15.0 Å². The number of benzene rings is 1. The van der Waals surface area contributed by atoms with Gasteiger partial charge in [-0.1, -0.05) is 0 Å². The molecule has 0 aliphatic carbocycles. The first-order valence-electron chi connectivity index (χ1n) is 6.01. The molecule has 6 nitrogen and oxygen atoms in total. The molecule has 2 aromatic heterocycles. The van der Waals surface area contributed by atoms with Gasteiger partial charge in [-0.2, -0.15) is 0 Å². The number of carbonyl (C=O) groups is 1. The van der Waals surface area contributed by atoms with Crippen molar-refractivity contribution in [2.45, 2.75) is 0 Å². The van der Waals surface area contributed by atoms with Crippen LogP contribution in [0.5, 0.6) is 5.75 Å². The van der Waals surface area contributed by atoms with Gasteiger partial charge in [0, 0.05) is 5.56 Å². The molecule has 0 saturated carbocycles. The zero-order valence-corrected chi connectivity index (χ0v) is 10.8. The van der Waals surface area contributed by atoms with Crippen LogP contribution in [0.3, 0.4) is 0 Å². The van der Waals surface area contributed by atoms with E-state index in [0.29, 0.717) is 22.6 Å². The summed E-state index contributed by atoms with van der Waals surface area (Å²) in [5.41, 5.74) is 2.56. The molecule has 20 heavy (non-hydrogen) atoms. The van der Waals surface area contributed by atoms with E-state index in [1.165, 1.54) is 0 Å². The monoisotopic (exact) mass is 268 g/mol. The van der Waals surface area contributed by atoms with Crippen LogP contribution < -0.4 is 10.1 Å². The number of hydrogen-bond donors (Lipinski definition) is 2. The van der Waals surface area contributed by atoms with Crippen LogP contribution >= 0.6 is 0 Å². The normalized spacial score (nSPS) is 10.4. The molecule has 0 unspecified atom stereocenters. The number of pyridine rings is 1. The Morgan fingerprint density at radius 1 is 1.25 bits per heavy atom. The molecule has 1 amide bonds. The Kier molecular flexibility index (Phi) is 3.04. The number of hydrogen-bond acceptors (Lipinski definition) is 4. The second kappa shape index (κ2) is 5.00. The second-order valence-corrected chi connectivity index (χ2v) is 4.18. The van der Waals surface area contributed by atoms with E-state index in [4.69, 9.17) is 4.74 Å². The van der Waals surface area contributed by atoms with Crippen molar-refractivity contribution in [2.24, 2.45) is 0 Å². The van der Waals surface area contributed by atoms with E-state index in [9.17, 15) is 4.79 Å². The van der Waals surface area contributed by atoms with Crippen LogP contribution in [0.1, 0.15) is 10.4 Å². The molecule has 0 fully saturated rings. The number of imidazole rings is 1. The Labute approximate surface area is 114 Å². The maximum atomic E-state index is 12.1. The summed E-state index contributed by atoms with van der Waals surface area (Å²) in [6.45, 7) is 0. The number of fused-ring (bicyclic) bond motifs is 1. The van der Waals surface area contributed by atoms with Gasteiger partial charge in [-0.15, -0.1) is 0 Å². The zero-order chi connectivity index (χ0) is 13.9. The number of ether oxygens (including phenoxy) is 1. The summed E-state index contributed by atoms with van der Waals surface area (Å²) in [4.78, 5) is 23.2. The minimum Gasteiger partial charge on any atom is -0.497 e. The standard InChI is InChI=1S/C14H12N4O2/c1-20-11-4-2-9(3-5-11)14(19)18-10-6-12-13(15-7-10)17-8-16-12/h2-8H,1H3,(H,18,19)(H,15,16,17). The summed E-state index contributed by atoms with van der Waals surface area (Å²) in [6, 6.07) is 8.68. The molecule has 1 aromatic carbocycles. The molecule has 3 rings (SSSR count). The predicted octanol–water partition coefficient (Wildman–Crippen LogP) is 2.22. The van der Waals surface area contributed by atoms with E-state index in [1.54, 1.807) is 50.0 Å². The lowest BCUT2D eigenvalue weighted by Gasteiger charge is -2.05. The van der Waals surface area contributed by atoms with E-state index in [2.05, 4.69) is 20.3 Å². The number of aromatic amines is 1. The molecule has 2 heterocycles. The average Bonchev–Trinajstić information content (AvgIpc) is 2.95. The van der Waals surface area contributed by atoms with Crippen molar-refractivity contribution in [3.63, 3.8) is 0 Å². The third kappa shape index (κ3) is 2.31. The smallest absolute Gasteiger partial charge is 0.255 e. The molecule has 0 spiro atoms. The van der Waals surface area contributed by atoms with Crippen molar-refractivity contribution in [3.8, 4) is 5.75 Å². The molecule has 2 N–H and O–H groups in total. The summed E-state index contributed by atoms with van der Waals surface area (Å²) >= 11 is 0. The van der Waals surface area contributed by atoms with E-state index in [1.807, 2.05) is 0 Å². The van der Waals surface area contributed by atoms with Crippen molar-refractivity contribution in [1.29, 1.82) is 0 Å². The molecule has 0 saturated heterocycles. The number of methoxy groups -OCH3 is 1. The van der Waals surface area contributed by atoms with Gasteiger partial charge in [-0.3, -0.25) is 4.79 Å². The number of nitrogens with zero attached hydrogens (tertiary/aromatic N) is 2. The summed E-state index contributed by atoms with van der Waals surface area (Å²) < 4.78 is 5.05. The van der Waals surface area contributed by atoms with Gasteiger partial charge in [0.15, 0.2) is 5.65 Å². The van der Waals surface area contributed by atoms with Crippen LogP contribution in [0.2, 0.25) is 0 Å². The van der Waals surface area contributed by atoms with Gasteiger partial charge >= 0.3 is 0 Å². The molecule has 0 atom stereocenters. The number of rotatable bonds is 3. The number of anilines is 1. The van der Waals surface area contributed by atoms with Crippen LogP contribution in [0, 0.1) is 0 Å². The van der Waals surface area contributed by atoms with Crippen LogP contribution in [0.4, 0.5) is 5.69 Å². The maximum absolute atomic E-state index is 12.1. The van der Waals surface area contributed by atoms with Gasteiger partial charge in [0.25, 0.3) is 5.91 Å². The largest absolute Gasteiger partial charge is 0.497 e. The number of amides is 1. The number of carbonyl (C=O) groups excluding carboxylic acids is 1. The third-order valence-corrected chi connectivity index (χ3v) is 2.88. The van der Waals surface area contributed by atoms with E-state index < -0.39 is 0 Å². The first kappa shape index (κ1) is 12.2. The second-order valence-electron chi connectivity index (χ2n) is 4.18. The van der Waals surface area contributed by atoms with Crippen LogP contribution in [0.15, 0.2) is 42.9 Å². The number of nitrogens with one attached hydrogen (secondary N) is 2. The molecule has 100 valence electrons. The molecular weight excluding hydrogens is 256 g/mol. The fourth-order valence-electron chi connectivity index (χ4n) is 1.84. The minimum absolute atomic E-state index is 0.201. The number of aromatic nitrogens is 3. The lowest BCUT2D eigenvalue weighted by molar-refractivity contribution is 0.102. The Bertz CT molecular complexity index is 749. The Balaban J connectivity index is 1.80. The average molecular weight is 268 g/mol. The first-order valence-corrected chi connectivity index (χ1v) is 6.01. The highest BCUT2D eigenvalue weighted by molar-refractivity contribution is 6.04. The molecule has 0 radical (unpaired) electrons. The molecule has 0 aliphatic rings. The molecule has 6 heteroatoms. The van der Waals surface area contributed by atoms with E-state index >= 15 is 0 Å².